The number of nitrogens with zero attached hydrogens (tertiary/aromatic N) is 3. The second kappa shape index (κ2) is 5.97. The maximum Gasteiger partial charge on any atom is 0.135 e. The van der Waals surface area contributed by atoms with Gasteiger partial charge in [0, 0.05) is 30.6 Å². The predicted molar refractivity (Wildman–Crippen MR) is 79.8 cm³/mol. The summed E-state index contributed by atoms with van der Waals surface area (Å²) in [5.74, 6) is 2.59. The van der Waals surface area contributed by atoms with Crippen molar-refractivity contribution in [1.29, 1.82) is 0 Å². The van der Waals surface area contributed by atoms with E-state index in [0.29, 0.717) is 0 Å². The second-order valence-corrected chi connectivity index (χ2v) is 5.23. The van der Waals surface area contributed by atoms with Gasteiger partial charge in [-0.15, -0.1) is 11.3 Å². The number of anilines is 2. The molecule has 0 saturated carbocycles. The summed E-state index contributed by atoms with van der Waals surface area (Å²) in [7, 11) is 1.88. The van der Waals surface area contributed by atoms with Gasteiger partial charge in [-0.25, -0.2) is 15.0 Å². The molecule has 6 heteroatoms. The van der Waals surface area contributed by atoms with E-state index in [-0.39, 0.29) is 6.04 Å². The van der Waals surface area contributed by atoms with Crippen molar-refractivity contribution >= 4 is 23.0 Å². The summed E-state index contributed by atoms with van der Waals surface area (Å²) >= 11 is 1.64. The first-order valence-corrected chi connectivity index (χ1v) is 7.24. The normalized spacial score (nSPS) is 12.2. The van der Waals surface area contributed by atoms with Crippen molar-refractivity contribution < 1.29 is 0 Å². The van der Waals surface area contributed by atoms with Gasteiger partial charge in [0.25, 0.3) is 0 Å². The molecule has 2 rings (SSSR count). The van der Waals surface area contributed by atoms with Gasteiger partial charge >= 0.3 is 0 Å². The summed E-state index contributed by atoms with van der Waals surface area (Å²) in [6.07, 6.45) is 2.64. The van der Waals surface area contributed by atoms with Crippen molar-refractivity contribution in [2.75, 3.05) is 17.7 Å². The van der Waals surface area contributed by atoms with E-state index >= 15 is 0 Å². The molecule has 0 aliphatic heterocycles. The number of hydrogen-bond acceptors (Lipinski definition) is 6. The average Bonchev–Trinajstić information content (AvgIpc) is 2.95. The van der Waals surface area contributed by atoms with Crippen LogP contribution in [0.1, 0.15) is 36.3 Å². The van der Waals surface area contributed by atoms with Gasteiger partial charge < -0.3 is 10.6 Å². The van der Waals surface area contributed by atoms with Gasteiger partial charge in [-0.2, -0.15) is 0 Å². The van der Waals surface area contributed by atoms with Crippen LogP contribution in [0.5, 0.6) is 0 Å². The maximum absolute atomic E-state index is 4.56. The van der Waals surface area contributed by atoms with Crippen LogP contribution in [-0.2, 0) is 6.42 Å². The minimum Gasteiger partial charge on any atom is -0.373 e. The second-order valence-electron chi connectivity index (χ2n) is 4.30. The van der Waals surface area contributed by atoms with Crippen molar-refractivity contribution in [2.45, 2.75) is 33.2 Å². The third kappa shape index (κ3) is 3.01. The quantitative estimate of drug-likeness (QED) is 0.879. The maximum atomic E-state index is 4.56. The Labute approximate surface area is 117 Å². The van der Waals surface area contributed by atoms with Crippen LogP contribution in [0.4, 0.5) is 11.6 Å². The molecule has 0 spiro atoms. The van der Waals surface area contributed by atoms with Gasteiger partial charge in [0.05, 0.1) is 6.04 Å². The fourth-order valence-corrected chi connectivity index (χ4v) is 2.47. The summed E-state index contributed by atoms with van der Waals surface area (Å²) in [4.78, 5) is 13.4. The van der Waals surface area contributed by atoms with Crippen molar-refractivity contribution in [2.24, 2.45) is 0 Å². The van der Waals surface area contributed by atoms with Crippen LogP contribution in [0.3, 0.4) is 0 Å². The molecule has 0 fully saturated rings. The summed E-state index contributed by atoms with van der Waals surface area (Å²) < 4.78 is 0. The van der Waals surface area contributed by atoms with Gasteiger partial charge in [0.15, 0.2) is 0 Å². The summed E-state index contributed by atoms with van der Waals surface area (Å²) in [5, 5.41) is 9.57. The number of nitrogens with one attached hydrogen (secondary N) is 2. The summed E-state index contributed by atoms with van der Waals surface area (Å²) in [5.41, 5.74) is 1.03. The molecule has 2 N–H and O–H groups in total. The molecule has 0 amide bonds. The van der Waals surface area contributed by atoms with Crippen molar-refractivity contribution in [3.05, 3.63) is 28.0 Å². The standard InChI is InChI=1S/C13H19N5S/c1-5-10-17-11(14-4)8(2)12(18-10)16-9(3)13-15-6-7-19-13/h6-7,9H,5H2,1-4H3,(H2,14,16,17,18). The molecule has 0 aromatic carbocycles. The number of hydrogen-bond donors (Lipinski definition) is 2. The summed E-state index contributed by atoms with van der Waals surface area (Å²) in [6, 6.07) is 0.142. The number of aryl methyl sites for hydroxylation is 1. The molecule has 5 nitrogen and oxygen atoms in total. The topological polar surface area (TPSA) is 62.7 Å². The molecule has 1 atom stereocenters. The Morgan fingerprint density at radius 3 is 2.63 bits per heavy atom. The monoisotopic (exact) mass is 277 g/mol. The lowest BCUT2D eigenvalue weighted by Crippen LogP contribution is -2.12. The number of rotatable bonds is 5. The minimum atomic E-state index is 0.142. The molecule has 0 aliphatic carbocycles. The molecule has 2 heterocycles. The van der Waals surface area contributed by atoms with E-state index in [1.807, 2.05) is 25.5 Å². The Morgan fingerprint density at radius 2 is 2.05 bits per heavy atom. The molecule has 0 radical (unpaired) electrons. The fraction of sp³-hybridized carbons (Fsp3) is 0.462. The predicted octanol–water partition coefficient (Wildman–Crippen LogP) is 3.02. The molecule has 0 bridgehead atoms. The highest BCUT2D eigenvalue weighted by Gasteiger charge is 2.13. The van der Waals surface area contributed by atoms with Crippen molar-refractivity contribution in [3.63, 3.8) is 0 Å². The van der Waals surface area contributed by atoms with Gasteiger partial charge in [-0.1, -0.05) is 6.92 Å². The van der Waals surface area contributed by atoms with E-state index in [0.717, 1.165) is 34.5 Å². The van der Waals surface area contributed by atoms with E-state index < -0.39 is 0 Å². The van der Waals surface area contributed by atoms with Crippen molar-refractivity contribution in [3.8, 4) is 0 Å². The molecule has 0 saturated heterocycles. The Morgan fingerprint density at radius 1 is 1.32 bits per heavy atom. The van der Waals surface area contributed by atoms with Gasteiger partial charge in [-0.3, -0.25) is 0 Å². The van der Waals surface area contributed by atoms with Gasteiger partial charge in [0.2, 0.25) is 0 Å². The highest BCUT2D eigenvalue weighted by Crippen LogP contribution is 2.25. The minimum absolute atomic E-state index is 0.142. The Balaban J connectivity index is 2.28. The average molecular weight is 277 g/mol. The van der Waals surface area contributed by atoms with E-state index in [1.54, 1.807) is 11.3 Å². The first kappa shape index (κ1) is 13.7. The Bertz CT molecular complexity index is 538. The lowest BCUT2D eigenvalue weighted by atomic mass is 10.2. The third-order valence-corrected chi connectivity index (χ3v) is 3.88. The highest BCUT2D eigenvalue weighted by molar-refractivity contribution is 7.09. The molecule has 2 aromatic rings. The molecular weight excluding hydrogens is 258 g/mol. The smallest absolute Gasteiger partial charge is 0.135 e. The van der Waals surface area contributed by atoms with E-state index in [2.05, 4.69) is 39.4 Å². The zero-order valence-electron chi connectivity index (χ0n) is 11.7. The van der Waals surface area contributed by atoms with E-state index in [9.17, 15) is 0 Å². The van der Waals surface area contributed by atoms with Crippen LogP contribution < -0.4 is 10.6 Å². The molecule has 102 valence electrons. The van der Waals surface area contributed by atoms with Crippen LogP contribution >= 0.6 is 11.3 Å². The number of aromatic nitrogens is 3. The third-order valence-electron chi connectivity index (χ3n) is 2.92. The van der Waals surface area contributed by atoms with Crippen LogP contribution in [0.25, 0.3) is 0 Å². The van der Waals surface area contributed by atoms with Gasteiger partial charge in [-0.05, 0) is 13.8 Å². The van der Waals surface area contributed by atoms with Crippen molar-refractivity contribution in [1.82, 2.24) is 15.0 Å². The lowest BCUT2D eigenvalue weighted by molar-refractivity contribution is 0.842. The molecular formula is C13H19N5S. The van der Waals surface area contributed by atoms with E-state index in [4.69, 9.17) is 0 Å². The first-order valence-electron chi connectivity index (χ1n) is 6.36. The van der Waals surface area contributed by atoms with Crippen LogP contribution in [0.2, 0.25) is 0 Å². The molecule has 19 heavy (non-hydrogen) atoms. The van der Waals surface area contributed by atoms with Crippen LogP contribution in [0.15, 0.2) is 11.6 Å². The Hall–Kier alpha value is -1.69. The zero-order valence-corrected chi connectivity index (χ0v) is 12.5. The number of thiazole rings is 1. The van der Waals surface area contributed by atoms with Gasteiger partial charge in [0.1, 0.15) is 22.5 Å². The van der Waals surface area contributed by atoms with E-state index in [1.165, 1.54) is 0 Å². The summed E-state index contributed by atoms with van der Waals surface area (Å²) in [6.45, 7) is 6.16. The van der Waals surface area contributed by atoms with Crippen LogP contribution in [-0.4, -0.2) is 22.0 Å². The SMILES string of the molecule is CCc1nc(NC)c(C)c(NC(C)c2nccs2)n1. The molecule has 0 aliphatic rings. The highest BCUT2D eigenvalue weighted by atomic mass is 32.1. The Kier molecular flexibility index (Phi) is 4.31. The molecule has 1 unspecified atom stereocenters. The first-order chi connectivity index (χ1) is 9.15. The largest absolute Gasteiger partial charge is 0.373 e. The molecule has 2 aromatic heterocycles. The van der Waals surface area contributed by atoms with Crippen LogP contribution in [0, 0.1) is 6.92 Å². The fourth-order valence-electron chi connectivity index (χ4n) is 1.82. The zero-order chi connectivity index (χ0) is 13.8. The lowest BCUT2D eigenvalue weighted by Gasteiger charge is -2.16.